The van der Waals surface area contributed by atoms with Crippen molar-refractivity contribution in [1.82, 2.24) is 4.90 Å². The van der Waals surface area contributed by atoms with E-state index in [0.717, 1.165) is 12.0 Å². The number of cyclic esters (lactones) is 1. The van der Waals surface area contributed by atoms with Gasteiger partial charge in [-0.3, -0.25) is 19.2 Å². The predicted octanol–water partition coefficient (Wildman–Crippen LogP) is 6.18. The number of aliphatic hydroxyl groups is 3. The maximum absolute atomic E-state index is 14.4. The zero-order valence-electron chi connectivity index (χ0n) is 40.6. The van der Waals surface area contributed by atoms with Crippen molar-refractivity contribution in [3.8, 4) is 0 Å². The number of esters is 1. The molecule has 0 aromatic rings. The first-order valence-corrected chi connectivity index (χ1v) is 23.9. The normalized spacial score (nSPS) is 41.1. The molecule has 3 aliphatic heterocycles. The minimum absolute atomic E-state index is 0.0201. The number of hydrogen-bond donors (Lipinski definition) is 3. The zero-order chi connectivity index (χ0) is 48.2. The fraction of sp³-hybridized carbons (Fsp3) is 0.745. The monoisotopic (exact) mass is 914 g/mol. The van der Waals surface area contributed by atoms with Gasteiger partial charge in [0.2, 0.25) is 5.79 Å². The van der Waals surface area contributed by atoms with E-state index in [9.17, 15) is 39.3 Å². The van der Waals surface area contributed by atoms with Crippen LogP contribution in [0, 0.1) is 35.5 Å². The highest BCUT2D eigenvalue weighted by molar-refractivity contribution is 6.39. The minimum atomic E-state index is -2.43. The number of methoxy groups -OCH3 is 3. The molecule has 0 aromatic heterocycles. The van der Waals surface area contributed by atoms with Gasteiger partial charge in [0.15, 0.2) is 5.78 Å². The van der Waals surface area contributed by atoms with E-state index in [1.54, 1.807) is 41.1 Å². The molecule has 366 valence electrons. The fourth-order valence-corrected chi connectivity index (χ4v) is 10.1. The van der Waals surface area contributed by atoms with Gasteiger partial charge in [-0.25, -0.2) is 4.79 Å². The van der Waals surface area contributed by atoms with Gasteiger partial charge in [-0.15, -0.1) is 0 Å². The van der Waals surface area contributed by atoms with Crippen molar-refractivity contribution in [3.05, 3.63) is 47.6 Å². The van der Waals surface area contributed by atoms with Crippen molar-refractivity contribution in [3.63, 3.8) is 0 Å². The average Bonchev–Trinajstić information content (AvgIpc) is 3.27. The quantitative estimate of drug-likeness (QED) is 0.156. The maximum Gasteiger partial charge on any atom is 0.329 e. The van der Waals surface area contributed by atoms with Crippen molar-refractivity contribution in [1.29, 1.82) is 0 Å². The summed E-state index contributed by atoms with van der Waals surface area (Å²) < 4.78 is 29.3. The lowest BCUT2D eigenvalue weighted by Crippen LogP contribution is -2.62. The Balaban J connectivity index is 1.70. The number of rotatable bonds is 6. The molecule has 0 unspecified atom stereocenters. The number of carbonyl (C=O) groups excluding carboxylic acids is 5. The van der Waals surface area contributed by atoms with E-state index >= 15 is 0 Å². The van der Waals surface area contributed by atoms with Crippen molar-refractivity contribution < 1.29 is 63.0 Å². The molecule has 2 saturated heterocycles. The third-order valence-electron chi connectivity index (χ3n) is 14.5. The van der Waals surface area contributed by atoms with Crippen molar-refractivity contribution in [2.24, 2.45) is 35.5 Å². The van der Waals surface area contributed by atoms with Gasteiger partial charge in [0.1, 0.15) is 30.1 Å². The van der Waals surface area contributed by atoms with Gasteiger partial charge in [0.05, 0.1) is 24.4 Å². The summed E-state index contributed by atoms with van der Waals surface area (Å²) in [5, 5.41) is 33.8. The number of fused-ring (bicyclic) bond motifs is 3. The highest BCUT2D eigenvalue weighted by Gasteiger charge is 2.53. The first-order chi connectivity index (χ1) is 30.7. The topological polar surface area (TPSA) is 195 Å². The van der Waals surface area contributed by atoms with Crippen LogP contribution >= 0.6 is 0 Å². The highest BCUT2D eigenvalue weighted by atomic mass is 16.6. The van der Waals surface area contributed by atoms with E-state index in [0.29, 0.717) is 69.8 Å². The van der Waals surface area contributed by atoms with Crippen LogP contribution in [0.4, 0.5) is 0 Å². The summed E-state index contributed by atoms with van der Waals surface area (Å²) in [5.41, 5.74) is 1.27. The number of allylic oxidation sites excluding steroid dienone is 6. The van der Waals surface area contributed by atoms with Gasteiger partial charge in [-0.1, -0.05) is 71.1 Å². The lowest BCUT2D eigenvalue weighted by molar-refractivity contribution is -0.265. The maximum atomic E-state index is 14.4. The van der Waals surface area contributed by atoms with Gasteiger partial charge in [-0.2, -0.15) is 0 Å². The number of aliphatic hydroxyl groups excluding tert-OH is 2. The van der Waals surface area contributed by atoms with E-state index in [1.807, 2.05) is 58.1 Å². The van der Waals surface area contributed by atoms with Gasteiger partial charge >= 0.3 is 5.97 Å². The number of nitrogens with zero attached hydrogens (tertiary/aromatic N) is 1. The summed E-state index contributed by atoms with van der Waals surface area (Å²) in [6.07, 6.45) is 11.3. The largest absolute Gasteiger partial charge is 0.460 e. The first-order valence-electron chi connectivity index (χ1n) is 23.9. The first kappa shape index (κ1) is 54.2. The Labute approximate surface area is 387 Å². The summed E-state index contributed by atoms with van der Waals surface area (Å²) in [4.78, 5) is 71.9. The SMILES string of the molecule is CO[C@H]1C[C@@H]2CC[C@@H](C)[C@@](O)(O2)C(=O)C(=O)N2CCC[C@H](C)[C@H]2C(=O)O[C@H](CC[C@@H]2CC[C@@H](O)[C@H](OC)C2)CC(=O)[C@H](C)/C=C(\C)[C@@H](O)[C@@H](OC)C(=O)[C@H](C)C[C@H](C)/C=C/C=C/C=C/1C. The van der Waals surface area contributed by atoms with Gasteiger partial charge in [0, 0.05) is 58.5 Å². The molecule has 65 heavy (non-hydrogen) atoms. The number of Topliss-reactive ketones (excluding diaryl/α,β-unsaturated/α-hetero) is 3. The molecule has 4 rings (SSSR count). The van der Waals surface area contributed by atoms with Crippen molar-refractivity contribution >= 4 is 29.2 Å². The molecule has 3 fully saturated rings. The Kier molecular flexibility index (Phi) is 21.0. The minimum Gasteiger partial charge on any atom is -0.460 e. The molecule has 1 amide bonds. The van der Waals surface area contributed by atoms with Crippen LogP contribution in [0.15, 0.2) is 47.6 Å². The highest BCUT2D eigenvalue weighted by Crippen LogP contribution is 2.37. The summed E-state index contributed by atoms with van der Waals surface area (Å²) in [6, 6.07) is -1.16. The zero-order valence-corrected chi connectivity index (χ0v) is 40.6. The van der Waals surface area contributed by atoms with Crippen LogP contribution in [0.1, 0.15) is 126 Å². The molecule has 0 spiro atoms. The van der Waals surface area contributed by atoms with Crippen LogP contribution in [0.5, 0.6) is 0 Å². The van der Waals surface area contributed by atoms with Crippen LogP contribution in [0.3, 0.4) is 0 Å². The average molecular weight is 914 g/mol. The summed E-state index contributed by atoms with van der Waals surface area (Å²) >= 11 is 0. The molecular formula is C51H79NO13. The van der Waals surface area contributed by atoms with E-state index in [2.05, 4.69) is 0 Å². The number of hydrogen-bond acceptors (Lipinski definition) is 13. The van der Waals surface area contributed by atoms with Crippen LogP contribution in [0.25, 0.3) is 0 Å². The summed E-state index contributed by atoms with van der Waals surface area (Å²) in [7, 11) is 4.52. The summed E-state index contributed by atoms with van der Waals surface area (Å²) in [5.74, 6) is -8.01. The molecule has 1 saturated carbocycles. The Morgan fingerprint density at radius 1 is 0.815 bits per heavy atom. The molecule has 4 aliphatic rings. The molecule has 14 heteroatoms. The Bertz CT molecular complexity index is 1760. The van der Waals surface area contributed by atoms with E-state index in [4.69, 9.17) is 23.7 Å². The number of amides is 1. The summed E-state index contributed by atoms with van der Waals surface area (Å²) in [6.45, 7) is 12.6. The molecule has 0 radical (unpaired) electrons. The van der Waals surface area contributed by atoms with Crippen LogP contribution in [-0.4, -0.2) is 132 Å². The van der Waals surface area contributed by atoms with Gasteiger partial charge < -0.3 is 43.9 Å². The third-order valence-corrected chi connectivity index (χ3v) is 14.5. The van der Waals surface area contributed by atoms with E-state index < -0.39 is 89.8 Å². The molecule has 3 heterocycles. The number of ketones is 3. The molecule has 14 nitrogen and oxygen atoms in total. The number of ether oxygens (including phenoxy) is 5. The Morgan fingerprint density at radius 2 is 1.54 bits per heavy atom. The Hall–Kier alpha value is -3.37. The number of piperidine rings is 1. The lowest BCUT2D eigenvalue weighted by Gasteiger charge is -2.43. The molecule has 0 aromatic carbocycles. The standard InChI is InChI=1S/C51H79NO13/c1-30-15-12-11-13-16-31(2)42(61-8)29-39-21-18-36(7)51(60,65-39)48(57)49(58)52-24-14-17-32(3)44(52)50(59)64-38(22-19-37-20-23-40(53)43(27-37)62-9)28-41(54)33(4)26-35(6)46(56)47(63-10)45(55)34(5)25-30/h11-13,15-16,26,30,32-34,36-40,42-44,46-47,53,56,60H,14,17-25,27-29H2,1-10H3/b13-11+,15-12+,31-16+,35-26+/t30-,32+,33-,34-,36-,37-,38-,39+,40-,42+,43-,44+,46-,47+,51-/m1/s1. The molecule has 3 N–H and O–H groups in total. The third kappa shape index (κ3) is 14.3. The second kappa shape index (κ2) is 25.1. The van der Waals surface area contributed by atoms with Crippen LogP contribution < -0.4 is 0 Å². The van der Waals surface area contributed by atoms with E-state index in [-0.39, 0.29) is 42.5 Å². The smallest absolute Gasteiger partial charge is 0.329 e. The molecule has 2 bridgehead atoms. The molecular weight excluding hydrogens is 835 g/mol. The predicted molar refractivity (Wildman–Crippen MR) is 245 cm³/mol. The second-order valence-electron chi connectivity index (χ2n) is 19.6. The van der Waals surface area contributed by atoms with E-state index in [1.165, 1.54) is 12.0 Å². The fourth-order valence-electron chi connectivity index (χ4n) is 10.1. The Morgan fingerprint density at radius 3 is 2.22 bits per heavy atom. The van der Waals surface area contributed by atoms with Crippen molar-refractivity contribution in [2.75, 3.05) is 27.9 Å². The van der Waals surface area contributed by atoms with Crippen molar-refractivity contribution in [2.45, 2.75) is 180 Å². The lowest BCUT2D eigenvalue weighted by atomic mass is 9.81. The van der Waals surface area contributed by atoms with Crippen LogP contribution in [-0.2, 0) is 47.7 Å². The number of carbonyl (C=O) groups is 5. The second-order valence-corrected chi connectivity index (χ2v) is 19.6. The molecule has 1 aliphatic carbocycles. The van der Waals surface area contributed by atoms with Gasteiger partial charge in [-0.05, 0) is 107 Å². The molecule has 15 atom stereocenters. The van der Waals surface area contributed by atoms with Crippen LogP contribution in [0.2, 0.25) is 0 Å². The van der Waals surface area contributed by atoms with Gasteiger partial charge in [0.25, 0.3) is 11.7 Å².